The Kier molecular flexibility index (Phi) is 41.1. The molecule has 0 saturated carbocycles. The van der Waals surface area contributed by atoms with Crippen LogP contribution in [0, 0.1) is 0 Å². The molecule has 0 rings (SSSR count). The van der Waals surface area contributed by atoms with Crippen LogP contribution < -0.4 is 0 Å². The van der Waals surface area contributed by atoms with Gasteiger partial charge in [-0.2, -0.15) is 0 Å². The molecule has 0 spiro atoms. The van der Waals surface area contributed by atoms with Crippen LogP contribution in [0.25, 0.3) is 0 Å². The Morgan fingerprint density at radius 1 is 0.483 bits per heavy atom. The Bertz CT molecular complexity index is 1150. The summed E-state index contributed by atoms with van der Waals surface area (Å²) in [6, 6.07) is 0. The van der Waals surface area contributed by atoms with Gasteiger partial charge in [-0.1, -0.05) is 184 Å². The maximum absolute atomic E-state index is 12.4. The van der Waals surface area contributed by atoms with Gasteiger partial charge in [0.15, 0.2) is 0 Å². The lowest BCUT2D eigenvalue weighted by molar-refractivity contribution is -0.153. The molecule has 0 aliphatic heterocycles. The third-order valence-corrected chi connectivity index (χ3v) is 10.4. The van der Waals surface area contributed by atoms with Gasteiger partial charge in [-0.05, 0) is 51.4 Å². The fraction of sp³-hybridized carbons (Fsp3) is 0.745. The minimum Gasteiger partial charge on any atom is -0.457 e. The summed E-state index contributed by atoms with van der Waals surface area (Å²) in [5, 5.41) is 19.2. The lowest BCUT2D eigenvalue weighted by Gasteiger charge is -2.20. The van der Waals surface area contributed by atoms with Crippen LogP contribution in [0.1, 0.15) is 187 Å². The summed E-state index contributed by atoms with van der Waals surface area (Å²) in [6.45, 7) is 2.04. The van der Waals surface area contributed by atoms with E-state index in [0.717, 1.165) is 51.4 Å². The second-order valence-corrected chi connectivity index (χ2v) is 16.5. The fourth-order valence-electron chi connectivity index (χ4n) is 6.03. The zero-order chi connectivity index (χ0) is 42.6. The number of hydrogen-bond acceptors (Lipinski definition) is 9. The van der Waals surface area contributed by atoms with Crippen molar-refractivity contribution in [3.8, 4) is 0 Å². The van der Waals surface area contributed by atoms with E-state index in [1.165, 1.54) is 89.9 Å². The normalized spacial score (nSPS) is 14.4. The molecule has 0 aromatic heterocycles. The van der Waals surface area contributed by atoms with Crippen LogP contribution in [0.15, 0.2) is 60.8 Å². The smallest absolute Gasteiger partial charge is 0.457 e. The predicted molar refractivity (Wildman–Crippen MR) is 237 cm³/mol. The summed E-state index contributed by atoms with van der Waals surface area (Å²) in [4.78, 5) is 34.5. The first-order valence-electron chi connectivity index (χ1n) is 22.7. The van der Waals surface area contributed by atoms with E-state index in [0.29, 0.717) is 19.3 Å². The van der Waals surface area contributed by atoms with Gasteiger partial charge in [0.25, 0.3) is 0 Å². The maximum atomic E-state index is 12.4. The Balaban J connectivity index is 3.96. The highest BCUT2D eigenvalue weighted by molar-refractivity contribution is 7.47. The summed E-state index contributed by atoms with van der Waals surface area (Å²) < 4.78 is 32.6. The van der Waals surface area contributed by atoms with E-state index in [9.17, 15) is 29.3 Å². The average molecular weight is 839 g/mol. The second-order valence-electron chi connectivity index (χ2n) is 15.0. The number of aliphatic hydroxyl groups is 2. The lowest BCUT2D eigenvalue weighted by Crippen LogP contribution is -2.28. The van der Waals surface area contributed by atoms with Crippen molar-refractivity contribution in [1.82, 2.24) is 0 Å². The highest BCUT2D eigenvalue weighted by Crippen LogP contribution is 2.43. The molecule has 0 aromatic carbocycles. The van der Waals surface area contributed by atoms with Crippen LogP contribution in [0.3, 0.4) is 0 Å². The Labute approximate surface area is 353 Å². The highest BCUT2D eigenvalue weighted by atomic mass is 31.2. The van der Waals surface area contributed by atoms with E-state index in [1.807, 2.05) is 12.2 Å². The molecule has 11 heteroatoms. The second kappa shape index (κ2) is 42.8. The van der Waals surface area contributed by atoms with Crippen molar-refractivity contribution in [3.05, 3.63) is 60.8 Å². The quantitative estimate of drug-likeness (QED) is 0.0235. The van der Waals surface area contributed by atoms with Crippen molar-refractivity contribution in [3.63, 3.8) is 0 Å². The predicted octanol–water partition coefficient (Wildman–Crippen LogP) is 12.3. The standard InChI is InChI=1S/C47H83O10P/c1-3-5-7-9-11-13-15-17-19-21-23-25-27-29-31-33-35-37-39-47(51)57-45(41-49)43-55-58(52,53)54-42-44(40-48)56-46(50)38-36-34-32-30-28-26-24-22-20-18-16-14-12-10-8-6-4-2/h6,8,12,14,18,20,24,26,30,32,44-45,48-49H,3-5,7,9-11,13,15-17,19,21-23,25,27-29,31,33-43H2,1-2H3,(H,52,53)/b8-6-,14-12-,20-18-,26-24-,32-30-. The van der Waals surface area contributed by atoms with Gasteiger partial charge in [-0.25, -0.2) is 4.57 Å². The molecule has 3 unspecified atom stereocenters. The van der Waals surface area contributed by atoms with Gasteiger partial charge >= 0.3 is 19.8 Å². The molecule has 0 radical (unpaired) electrons. The molecule has 336 valence electrons. The third kappa shape index (κ3) is 40.4. The zero-order valence-electron chi connectivity index (χ0n) is 36.5. The van der Waals surface area contributed by atoms with Gasteiger partial charge in [0.2, 0.25) is 0 Å². The summed E-state index contributed by atoms with van der Waals surface area (Å²) in [7, 11) is -4.65. The number of hydrogen-bond donors (Lipinski definition) is 3. The van der Waals surface area contributed by atoms with Crippen LogP contribution in [0.4, 0.5) is 0 Å². The van der Waals surface area contributed by atoms with E-state index < -0.39 is 58.4 Å². The van der Waals surface area contributed by atoms with Crippen LogP contribution in [0.2, 0.25) is 0 Å². The van der Waals surface area contributed by atoms with E-state index in [-0.39, 0.29) is 12.8 Å². The number of allylic oxidation sites excluding steroid dienone is 10. The molecular weight excluding hydrogens is 755 g/mol. The van der Waals surface area contributed by atoms with Crippen LogP contribution >= 0.6 is 7.82 Å². The van der Waals surface area contributed by atoms with Crippen molar-refractivity contribution in [2.24, 2.45) is 0 Å². The Hall–Kier alpha value is -2.33. The number of rotatable bonds is 42. The Morgan fingerprint density at radius 2 is 0.810 bits per heavy atom. The summed E-state index contributed by atoms with van der Waals surface area (Å²) >= 11 is 0. The van der Waals surface area contributed by atoms with E-state index in [4.69, 9.17) is 18.5 Å². The molecule has 0 saturated heterocycles. The molecule has 10 nitrogen and oxygen atoms in total. The van der Waals surface area contributed by atoms with Crippen molar-refractivity contribution >= 4 is 19.8 Å². The van der Waals surface area contributed by atoms with Gasteiger partial charge in [0.1, 0.15) is 12.2 Å². The number of phosphoric ester groups is 1. The fourth-order valence-corrected chi connectivity index (χ4v) is 6.82. The molecule has 0 aliphatic rings. The first-order valence-corrected chi connectivity index (χ1v) is 24.2. The van der Waals surface area contributed by atoms with Gasteiger partial charge < -0.3 is 24.6 Å². The minimum atomic E-state index is -4.65. The zero-order valence-corrected chi connectivity index (χ0v) is 37.4. The molecular formula is C47H83O10P. The highest BCUT2D eigenvalue weighted by Gasteiger charge is 2.27. The monoisotopic (exact) mass is 839 g/mol. The molecule has 58 heavy (non-hydrogen) atoms. The van der Waals surface area contributed by atoms with E-state index in [1.54, 1.807) is 0 Å². The first-order chi connectivity index (χ1) is 28.3. The van der Waals surface area contributed by atoms with Crippen LogP contribution in [-0.2, 0) is 32.7 Å². The van der Waals surface area contributed by atoms with Gasteiger partial charge in [-0.15, -0.1) is 0 Å². The van der Waals surface area contributed by atoms with E-state index >= 15 is 0 Å². The topological polar surface area (TPSA) is 149 Å². The molecule has 0 fully saturated rings. The van der Waals surface area contributed by atoms with Crippen LogP contribution in [-0.4, -0.2) is 65.7 Å². The summed E-state index contributed by atoms with van der Waals surface area (Å²) in [5.74, 6) is -1.08. The van der Waals surface area contributed by atoms with Crippen LogP contribution in [0.5, 0.6) is 0 Å². The Morgan fingerprint density at radius 3 is 1.17 bits per heavy atom. The largest absolute Gasteiger partial charge is 0.472 e. The van der Waals surface area contributed by atoms with Gasteiger partial charge in [-0.3, -0.25) is 18.6 Å². The number of unbranched alkanes of at least 4 members (excludes halogenated alkanes) is 18. The summed E-state index contributed by atoms with van der Waals surface area (Å²) in [5.41, 5.74) is 0. The van der Waals surface area contributed by atoms with Crippen molar-refractivity contribution < 1.29 is 47.8 Å². The lowest BCUT2D eigenvalue weighted by atomic mass is 10.0. The van der Waals surface area contributed by atoms with Gasteiger partial charge in [0.05, 0.1) is 26.4 Å². The molecule has 3 N–H and O–H groups in total. The van der Waals surface area contributed by atoms with E-state index in [2.05, 4.69) is 62.5 Å². The molecule has 0 amide bonds. The minimum absolute atomic E-state index is 0.112. The average Bonchev–Trinajstić information content (AvgIpc) is 3.21. The molecule has 0 aromatic rings. The molecule has 3 atom stereocenters. The number of carbonyl (C=O) groups excluding carboxylic acids is 2. The number of carbonyl (C=O) groups is 2. The number of phosphoric acid groups is 1. The molecule has 0 aliphatic carbocycles. The first kappa shape index (κ1) is 55.7. The number of aliphatic hydroxyl groups excluding tert-OH is 2. The van der Waals surface area contributed by atoms with Gasteiger partial charge in [0, 0.05) is 12.8 Å². The number of esters is 2. The molecule has 0 heterocycles. The molecule has 0 bridgehead atoms. The SMILES string of the molecule is CC/C=C\C/C=C\C/C=C\C/C=C\C/C=C\CCCC(=O)OC(CO)COP(=O)(O)OCC(CO)OC(=O)CCCCCCCCCCCCCCCCCCCC. The van der Waals surface area contributed by atoms with Crippen molar-refractivity contribution in [2.45, 2.75) is 199 Å². The third-order valence-electron chi connectivity index (χ3n) is 9.49. The van der Waals surface area contributed by atoms with Crippen molar-refractivity contribution in [1.29, 1.82) is 0 Å². The number of ether oxygens (including phenoxy) is 2. The maximum Gasteiger partial charge on any atom is 0.472 e. The summed E-state index contributed by atoms with van der Waals surface area (Å²) in [6.07, 6.45) is 47.7. The van der Waals surface area contributed by atoms with Crippen molar-refractivity contribution in [2.75, 3.05) is 26.4 Å².